The summed E-state index contributed by atoms with van der Waals surface area (Å²) in [6.07, 6.45) is 4.42. The van der Waals surface area contributed by atoms with Gasteiger partial charge in [0.1, 0.15) is 5.54 Å². The Balaban J connectivity index is 0.00000104. The summed E-state index contributed by atoms with van der Waals surface area (Å²) in [4.78, 5) is 26.8. The summed E-state index contributed by atoms with van der Waals surface area (Å²) in [7, 11) is 2.11. The van der Waals surface area contributed by atoms with Crippen molar-refractivity contribution in [2.24, 2.45) is 5.92 Å². The van der Waals surface area contributed by atoms with Crippen LogP contribution >= 0.6 is 0 Å². The Labute approximate surface area is 154 Å². The van der Waals surface area contributed by atoms with Crippen molar-refractivity contribution in [3.63, 3.8) is 0 Å². The molecule has 1 saturated carbocycles. The first-order chi connectivity index (χ1) is 11.6. The van der Waals surface area contributed by atoms with Crippen LogP contribution in [0.4, 0.5) is 0 Å². The number of carbonyl (C=O) groups is 2. The molecule has 5 nitrogen and oxygen atoms in total. The average molecular weight is 354 g/mol. The SMILES string of the molecule is C=CC.CC.CC(=O)NC1(C(=O)NC(C)(C)C)CCC2C1CCN2C. The molecule has 5 heteroatoms. The summed E-state index contributed by atoms with van der Waals surface area (Å²) in [5.41, 5.74) is -1.01. The minimum absolute atomic E-state index is 0.0250. The Bertz CT molecular complexity index is 456. The third-order valence-corrected chi connectivity index (χ3v) is 4.58. The molecule has 1 saturated heterocycles. The van der Waals surface area contributed by atoms with Crippen LogP contribution in [0.2, 0.25) is 0 Å². The molecule has 0 bridgehead atoms. The lowest BCUT2D eigenvalue weighted by molar-refractivity contribution is -0.135. The van der Waals surface area contributed by atoms with Crippen molar-refractivity contribution in [3.8, 4) is 0 Å². The zero-order valence-electron chi connectivity index (χ0n) is 17.5. The Hall–Kier alpha value is -1.36. The maximum atomic E-state index is 12.8. The molecule has 3 atom stereocenters. The van der Waals surface area contributed by atoms with Gasteiger partial charge < -0.3 is 15.5 Å². The number of nitrogens with one attached hydrogen (secondary N) is 2. The third kappa shape index (κ3) is 6.14. The minimum atomic E-state index is -0.728. The van der Waals surface area contributed by atoms with E-state index < -0.39 is 5.54 Å². The van der Waals surface area contributed by atoms with Gasteiger partial charge in [-0.3, -0.25) is 9.59 Å². The molecule has 0 aromatic heterocycles. The lowest BCUT2D eigenvalue weighted by atomic mass is 9.83. The maximum Gasteiger partial charge on any atom is 0.246 e. The van der Waals surface area contributed by atoms with Gasteiger partial charge >= 0.3 is 0 Å². The molecule has 0 radical (unpaired) electrons. The molecular weight excluding hydrogens is 314 g/mol. The van der Waals surface area contributed by atoms with Gasteiger partial charge in [-0.25, -0.2) is 0 Å². The molecule has 1 heterocycles. The van der Waals surface area contributed by atoms with Crippen molar-refractivity contribution in [2.45, 2.75) is 84.8 Å². The smallest absolute Gasteiger partial charge is 0.246 e. The molecule has 2 amide bonds. The first kappa shape index (κ1) is 23.6. The van der Waals surface area contributed by atoms with E-state index in [-0.39, 0.29) is 23.3 Å². The van der Waals surface area contributed by atoms with E-state index >= 15 is 0 Å². The first-order valence-electron chi connectivity index (χ1n) is 9.46. The summed E-state index contributed by atoms with van der Waals surface area (Å²) in [5, 5.41) is 6.05. The number of nitrogens with zero attached hydrogens (tertiary/aromatic N) is 1. The number of allylic oxidation sites excluding steroid dienone is 1. The molecule has 2 N–H and O–H groups in total. The van der Waals surface area contributed by atoms with Gasteiger partial charge in [0, 0.05) is 24.4 Å². The lowest BCUT2D eigenvalue weighted by Crippen LogP contribution is -2.63. The van der Waals surface area contributed by atoms with Gasteiger partial charge in [-0.15, -0.1) is 6.58 Å². The zero-order valence-corrected chi connectivity index (χ0v) is 17.5. The molecule has 0 aromatic rings. The summed E-state index contributed by atoms with van der Waals surface area (Å²) in [6, 6.07) is 0.410. The van der Waals surface area contributed by atoms with Crippen LogP contribution in [0.3, 0.4) is 0 Å². The van der Waals surface area contributed by atoms with Crippen LogP contribution in [0, 0.1) is 5.92 Å². The molecule has 2 fully saturated rings. The van der Waals surface area contributed by atoms with E-state index in [2.05, 4.69) is 29.2 Å². The highest BCUT2D eigenvalue weighted by molar-refractivity contribution is 5.92. The Kier molecular flexibility index (Phi) is 9.41. The molecule has 0 spiro atoms. The van der Waals surface area contributed by atoms with E-state index in [1.54, 1.807) is 6.08 Å². The summed E-state index contributed by atoms with van der Waals surface area (Å²) < 4.78 is 0. The van der Waals surface area contributed by atoms with Crippen molar-refractivity contribution in [3.05, 3.63) is 12.7 Å². The second-order valence-electron chi connectivity index (χ2n) is 7.75. The number of amides is 2. The fourth-order valence-corrected chi connectivity index (χ4v) is 3.83. The van der Waals surface area contributed by atoms with Gasteiger partial charge in [-0.2, -0.15) is 0 Å². The third-order valence-electron chi connectivity index (χ3n) is 4.58. The number of hydrogen-bond donors (Lipinski definition) is 2. The van der Waals surface area contributed by atoms with Gasteiger partial charge in [0.15, 0.2) is 0 Å². The van der Waals surface area contributed by atoms with Crippen molar-refractivity contribution in [1.82, 2.24) is 15.5 Å². The van der Waals surface area contributed by atoms with Gasteiger partial charge in [0.05, 0.1) is 0 Å². The normalized spacial score (nSPS) is 27.8. The van der Waals surface area contributed by atoms with Crippen molar-refractivity contribution >= 4 is 11.8 Å². The Morgan fingerprint density at radius 2 is 1.76 bits per heavy atom. The van der Waals surface area contributed by atoms with Crippen LogP contribution in [-0.4, -0.2) is 47.4 Å². The molecule has 3 unspecified atom stereocenters. The fourth-order valence-electron chi connectivity index (χ4n) is 3.83. The largest absolute Gasteiger partial charge is 0.349 e. The van der Waals surface area contributed by atoms with Crippen LogP contribution in [0.15, 0.2) is 12.7 Å². The van der Waals surface area contributed by atoms with Crippen LogP contribution in [0.1, 0.15) is 67.7 Å². The number of carbonyl (C=O) groups excluding carboxylic acids is 2. The fraction of sp³-hybridized carbons (Fsp3) is 0.800. The number of hydrogen-bond acceptors (Lipinski definition) is 3. The van der Waals surface area contributed by atoms with Gasteiger partial charge in [0.25, 0.3) is 0 Å². The molecule has 1 aliphatic carbocycles. The molecule has 25 heavy (non-hydrogen) atoms. The number of likely N-dealkylation sites (tertiary alicyclic amines) is 1. The second-order valence-corrected chi connectivity index (χ2v) is 7.75. The van der Waals surface area contributed by atoms with E-state index in [0.717, 1.165) is 25.8 Å². The molecule has 2 aliphatic rings. The standard InChI is InChI=1S/C15H27N3O2.C3H6.C2H6/c1-10(19)16-15(13(20)17-14(2,3)4)8-6-12-11(15)7-9-18(12)5;1-3-2;1-2/h11-12H,6-9H2,1-5H3,(H,16,19)(H,17,20);3H,1H2,2H3;1-2H3. The Morgan fingerprint density at radius 1 is 1.24 bits per heavy atom. The van der Waals surface area contributed by atoms with Gasteiger partial charge in [-0.1, -0.05) is 19.9 Å². The quantitative estimate of drug-likeness (QED) is 0.750. The molecular formula is C20H39N3O2. The zero-order chi connectivity index (χ0) is 19.8. The Morgan fingerprint density at radius 3 is 2.20 bits per heavy atom. The molecule has 1 aliphatic heterocycles. The minimum Gasteiger partial charge on any atom is -0.349 e. The highest BCUT2D eigenvalue weighted by Gasteiger charge is 2.57. The monoisotopic (exact) mass is 353 g/mol. The van der Waals surface area contributed by atoms with E-state index in [0.29, 0.717) is 6.04 Å². The average Bonchev–Trinajstić information content (AvgIpc) is 3.03. The predicted molar refractivity (Wildman–Crippen MR) is 105 cm³/mol. The van der Waals surface area contributed by atoms with Crippen LogP contribution < -0.4 is 10.6 Å². The molecule has 2 rings (SSSR count). The van der Waals surface area contributed by atoms with Crippen molar-refractivity contribution < 1.29 is 9.59 Å². The van der Waals surface area contributed by atoms with Gasteiger partial charge in [0.2, 0.25) is 11.8 Å². The predicted octanol–water partition coefficient (Wildman–Crippen LogP) is 3.11. The van der Waals surface area contributed by atoms with E-state index in [1.807, 2.05) is 41.5 Å². The number of rotatable bonds is 2. The van der Waals surface area contributed by atoms with Crippen molar-refractivity contribution in [1.29, 1.82) is 0 Å². The maximum absolute atomic E-state index is 12.8. The van der Waals surface area contributed by atoms with Crippen LogP contribution in [0.25, 0.3) is 0 Å². The summed E-state index contributed by atoms with van der Waals surface area (Å²) in [5.74, 6) is 0.0750. The second kappa shape index (κ2) is 9.95. The van der Waals surface area contributed by atoms with Crippen LogP contribution in [-0.2, 0) is 9.59 Å². The molecule has 0 aromatic carbocycles. The van der Waals surface area contributed by atoms with Crippen LogP contribution in [0.5, 0.6) is 0 Å². The highest BCUT2D eigenvalue weighted by atomic mass is 16.2. The summed E-state index contributed by atoms with van der Waals surface area (Å²) in [6.45, 7) is 17.7. The van der Waals surface area contributed by atoms with Crippen molar-refractivity contribution in [2.75, 3.05) is 13.6 Å². The van der Waals surface area contributed by atoms with Gasteiger partial charge in [-0.05, 0) is 60.5 Å². The summed E-state index contributed by atoms with van der Waals surface area (Å²) >= 11 is 0. The lowest BCUT2D eigenvalue weighted by Gasteiger charge is -2.37. The van der Waals surface area contributed by atoms with E-state index in [1.165, 1.54) is 6.92 Å². The van der Waals surface area contributed by atoms with E-state index in [4.69, 9.17) is 0 Å². The number of fused-ring (bicyclic) bond motifs is 1. The first-order valence-corrected chi connectivity index (χ1v) is 9.46. The van der Waals surface area contributed by atoms with E-state index in [9.17, 15) is 9.59 Å². The molecule has 146 valence electrons. The highest BCUT2D eigenvalue weighted by Crippen LogP contribution is 2.44. The topological polar surface area (TPSA) is 61.4 Å².